The lowest BCUT2D eigenvalue weighted by molar-refractivity contribution is 0.361. The number of nitrogens with two attached hydrogens (primary N) is 1. The maximum Gasteiger partial charge on any atom is 0.146 e. The molecule has 3 heteroatoms. The van der Waals surface area contributed by atoms with E-state index in [1.54, 1.807) is 6.07 Å². The highest BCUT2D eigenvalue weighted by Crippen LogP contribution is 2.30. The van der Waals surface area contributed by atoms with Gasteiger partial charge in [-0.25, -0.2) is 4.39 Å². The lowest BCUT2D eigenvalue weighted by Gasteiger charge is -2.30. The lowest BCUT2D eigenvalue weighted by atomic mass is 9.89. The number of anilines is 1. The number of rotatable bonds is 4. The molecule has 0 bridgehead atoms. The summed E-state index contributed by atoms with van der Waals surface area (Å²) in [6.45, 7) is 2.84. The van der Waals surface area contributed by atoms with Crippen LogP contribution in [0.5, 0.6) is 0 Å². The number of para-hydroxylation sites is 1. The zero-order chi connectivity index (χ0) is 13.8. The van der Waals surface area contributed by atoms with Crippen LogP contribution in [0, 0.1) is 11.7 Å². The minimum absolute atomic E-state index is 0.139. The fraction of sp³-hybridized carbons (Fsp3) is 0.625. The summed E-state index contributed by atoms with van der Waals surface area (Å²) in [5.41, 5.74) is 7.55. The van der Waals surface area contributed by atoms with E-state index in [4.69, 9.17) is 5.73 Å². The molecule has 1 aliphatic carbocycles. The molecule has 2 rings (SSSR count). The third kappa shape index (κ3) is 3.47. The Morgan fingerprint density at radius 2 is 2.00 bits per heavy atom. The Balaban J connectivity index is 2.15. The molecular formula is C16H25FN2. The standard InChI is InChI=1S/C16H25FN2/c1-12(18)14-9-6-10-15(17)16(14)19(2)11-13-7-4-3-5-8-13/h6,9-10,12-13H,3-5,7-8,11,18H2,1-2H3. The second-order valence-corrected chi connectivity index (χ2v) is 5.85. The minimum Gasteiger partial charge on any atom is -0.372 e. The van der Waals surface area contributed by atoms with Crippen molar-refractivity contribution in [2.75, 3.05) is 18.5 Å². The van der Waals surface area contributed by atoms with Gasteiger partial charge in [-0.05, 0) is 37.3 Å². The van der Waals surface area contributed by atoms with E-state index < -0.39 is 0 Å². The molecule has 19 heavy (non-hydrogen) atoms. The van der Waals surface area contributed by atoms with Crippen LogP contribution in [-0.4, -0.2) is 13.6 Å². The van der Waals surface area contributed by atoms with Gasteiger partial charge in [-0.2, -0.15) is 0 Å². The average Bonchev–Trinajstić information content (AvgIpc) is 2.39. The van der Waals surface area contributed by atoms with E-state index in [9.17, 15) is 4.39 Å². The molecule has 1 saturated carbocycles. The zero-order valence-electron chi connectivity index (χ0n) is 12.0. The van der Waals surface area contributed by atoms with Gasteiger partial charge in [0.2, 0.25) is 0 Å². The summed E-state index contributed by atoms with van der Waals surface area (Å²) >= 11 is 0. The molecule has 0 radical (unpaired) electrons. The van der Waals surface area contributed by atoms with E-state index >= 15 is 0 Å². The summed E-state index contributed by atoms with van der Waals surface area (Å²) in [5.74, 6) is 0.535. The molecule has 0 saturated heterocycles. The van der Waals surface area contributed by atoms with Gasteiger partial charge in [0.25, 0.3) is 0 Å². The normalized spacial score (nSPS) is 18.3. The van der Waals surface area contributed by atoms with Crippen molar-refractivity contribution >= 4 is 5.69 Å². The molecule has 1 atom stereocenters. The molecule has 1 aromatic rings. The Morgan fingerprint density at radius 3 is 2.63 bits per heavy atom. The Kier molecular flexibility index (Phi) is 4.81. The number of benzene rings is 1. The van der Waals surface area contributed by atoms with Crippen molar-refractivity contribution in [1.82, 2.24) is 0 Å². The maximum atomic E-state index is 14.1. The predicted molar refractivity (Wildman–Crippen MR) is 78.8 cm³/mol. The van der Waals surface area contributed by atoms with Crippen molar-refractivity contribution in [3.05, 3.63) is 29.6 Å². The van der Waals surface area contributed by atoms with E-state index in [1.165, 1.54) is 38.2 Å². The summed E-state index contributed by atoms with van der Waals surface area (Å²) in [6, 6.07) is 5.06. The van der Waals surface area contributed by atoms with Crippen molar-refractivity contribution in [2.24, 2.45) is 11.7 Å². The van der Waals surface area contributed by atoms with E-state index in [0.29, 0.717) is 11.6 Å². The molecule has 2 N–H and O–H groups in total. The molecule has 1 fully saturated rings. The smallest absolute Gasteiger partial charge is 0.146 e. The van der Waals surface area contributed by atoms with Crippen LogP contribution < -0.4 is 10.6 Å². The van der Waals surface area contributed by atoms with Gasteiger partial charge in [0.15, 0.2) is 0 Å². The SMILES string of the molecule is CC(N)c1cccc(F)c1N(C)CC1CCCCC1. The average molecular weight is 264 g/mol. The molecule has 0 heterocycles. The van der Waals surface area contributed by atoms with Crippen LogP contribution in [0.25, 0.3) is 0 Å². The van der Waals surface area contributed by atoms with Crippen molar-refractivity contribution in [3.63, 3.8) is 0 Å². The fourth-order valence-corrected chi connectivity index (χ4v) is 3.15. The highest BCUT2D eigenvalue weighted by atomic mass is 19.1. The van der Waals surface area contributed by atoms with Gasteiger partial charge in [-0.15, -0.1) is 0 Å². The van der Waals surface area contributed by atoms with Crippen LogP contribution in [0.4, 0.5) is 10.1 Å². The van der Waals surface area contributed by atoms with E-state index in [-0.39, 0.29) is 11.9 Å². The van der Waals surface area contributed by atoms with Crippen LogP contribution in [-0.2, 0) is 0 Å². The van der Waals surface area contributed by atoms with Gasteiger partial charge in [0.1, 0.15) is 5.82 Å². The molecule has 0 aromatic heterocycles. The fourth-order valence-electron chi connectivity index (χ4n) is 3.15. The van der Waals surface area contributed by atoms with Crippen LogP contribution in [0.1, 0.15) is 50.6 Å². The van der Waals surface area contributed by atoms with Crippen LogP contribution in [0.15, 0.2) is 18.2 Å². The molecule has 1 unspecified atom stereocenters. The summed E-state index contributed by atoms with van der Waals surface area (Å²) in [7, 11) is 1.99. The minimum atomic E-state index is -0.159. The predicted octanol–water partition coefficient (Wildman–Crippen LogP) is 3.86. The first-order valence-electron chi connectivity index (χ1n) is 7.34. The lowest BCUT2D eigenvalue weighted by Crippen LogP contribution is -2.29. The zero-order valence-corrected chi connectivity index (χ0v) is 12.0. The van der Waals surface area contributed by atoms with Gasteiger partial charge < -0.3 is 10.6 Å². The third-order valence-corrected chi connectivity index (χ3v) is 4.15. The van der Waals surface area contributed by atoms with Crippen LogP contribution >= 0.6 is 0 Å². The first-order chi connectivity index (χ1) is 9.09. The first-order valence-corrected chi connectivity index (χ1v) is 7.34. The second-order valence-electron chi connectivity index (χ2n) is 5.85. The summed E-state index contributed by atoms with van der Waals surface area (Å²) in [5, 5.41) is 0. The number of halogens is 1. The maximum absolute atomic E-state index is 14.1. The quantitative estimate of drug-likeness (QED) is 0.894. The van der Waals surface area contributed by atoms with Crippen molar-refractivity contribution in [1.29, 1.82) is 0 Å². The Hall–Kier alpha value is -1.09. The largest absolute Gasteiger partial charge is 0.372 e. The van der Waals surface area contributed by atoms with E-state index in [1.807, 2.05) is 20.0 Å². The topological polar surface area (TPSA) is 29.3 Å². The third-order valence-electron chi connectivity index (χ3n) is 4.15. The number of hydrogen-bond acceptors (Lipinski definition) is 2. The van der Waals surface area contributed by atoms with Crippen molar-refractivity contribution in [3.8, 4) is 0 Å². The Morgan fingerprint density at radius 1 is 1.32 bits per heavy atom. The van der Waals surface area contributed by atoms with E-state index in [2.05, 4.69) is 4.90 Å². The highest BCUT2D eigenvalue weighted by molar-refractivity contribution is 5.55. The molecule has 0 aliphatic heterocycles. The molecular weight excluding hydrogens is 239 g/mol. The molecule has 1 aromatic carbocycles. The van der Waals surface area contributed by atoms with Crippen LogP contribution in [0.3, 0.4) is 0 Å². The first kappa shape index (κ1) is 14.3. The molecule has 0 spiro atoms. The number of hydrogen-bond donors (Lipinski definition) is 1. The highest BCUT2D eigenvalue weighted by Gasteiger charge is 2.20. The van der Waals surface area contributed by atoms with Gasteiger partial charge in [0, 0.05) is 19.6 Å². The summed E-state index contributed by atoms with van der Waals surface area (Å²) in [6.07, 6.45) is 6.52. The van der Waals surface area contributed by atoms with Gasteiger partial charge in [-0.1, -0.05) is 31.4 Å². The van der Waals surface area contributed by atoms with Gasteiger partial charge in [0.05, 0.1) is 5.69 Å². The van der Waals surface area contributed by atoms with Crippen molar-refractivity contribution in [2.45, 2.75) is 45.1 Å². The number of nitrogens with zero attached hydrogens (tertiary/aromatic N) is 1. The summed E-state index contributed by atoms with van der Waals surface area (Å²) in [4.78, 5) is 2.06. The summed E-state index contributed by atoms with van der Waals surface area (Å²) < 4.78 is 14.1. The Labute approximate surface area is 115 Å². The second kappa shape index (κ2) is 6.38. The molecule has 0 amide bonds. The van der Waals surface area contributed by atoms with Crippen molar-refractivity contribution < 1.29 is 4.39 Å². The monoisotopic (exact) mass is 264 g/mol. The molecule has 106 valence electrons. The van der Waals surface area contributed by atoms with Gasteiger partial charge in [-0.3, -0.25) is 0 Å². The van der Waals surface area contributed by atoms with E-state index in [0.717, 1.165) is 12.1 Å². The molecule has 1 aliphatic rings. The molecule has 2 nitrogen and oxygen atoms in total. The van der Waals surface area contributed by atoms with Gasteiger partial charge >= 0.3 is 0 Å². The Bertz CT molecular complexity index is 411. The van der Waals surface area contributed by atoms with Crippen LogP contribution in [0.2, 0.25) is 0 Å².